The average molecular weight is 258 g/mol. The molecule has 0 spiro atoms. The van der Waals surface area contributed by atoms with Gasteiger partial charge in [0.25, 0.3) is 0 Å². The number of hydrogen-bond donors (Lipinski definition) is 1. The third-order valence-corrected chi connectivity index (χ3v) is 4.97. The van der Waals surface area contributed by atoms with E-state index in [0.29, 0.717) is 5.41 Å². The molecule has 2 fully saturated rings. The summed E-state index contributed by atoms with van der Waals surface area (Å²) in [6.45, 7) is 9.65. The molecule has 2 nitrogen and oxygen atoms in total. The van der Waals surface area contributed by atoms with Gasteiger partial charge in [0.15, 0.2) is 0 Å². The molecule has 0 bridgehead atoms. The maximum Gasteiger partial charge on any atom is 0.0233 e. The van der Waals surface area contributed by atoms with Crippen LogP contribution in [-0.2, 0) is 6.54 Å². The van der Waals surface area contributed by atoms with Gasteiger partial charge in [0, 0.05) is 19.1 Å². The first-order chi connectivity index (χ1) is 9.15. The number of benzene rings is 1. The van der Waals surface area contributed by atoms with E-state index in [-0.39, 0.29) is 0 Å². The van der Waals surface area contributed by atoms with E-state index in [4.69, 9.17) is 0 Å². The molecule has 0 amide bonds. The van der Waals surface area contributed by atoms with Crippen LogP contribution in [0.1, 0.15) is 32.3 Å². The van der Waals surface area contributed by atoms with Crippen LogP contribution in [0.25, 0.3) is 0 Å². The molecule has 1 aromatic carbocycles. The van der Waals surface area contributed by atoms with Gasteiger partial charge in [0.2, 0.25) is 0 Å². The summed E-state index contributed by atoms with van der Waals surface area (Å²) in [4.78, 5) is 2.61. The fourth-order valence-corrected chi connectivity index (χ4v) is 3.72. The molecule has 1 N–H and O–H groups in total. The predicted octanol–water partition coefficient (Wildman–Crippen LogP) is 2.90. The van der Waals surface area contributed by atoms with Crippen molar-refractivity contribution in [1.29, 1.82) is 0 Å². The molecule has 1 aromatic rings. The fraction of sp³-hybridized carbons (Fsp3) is 0.647. The number of hydrogen-bond acceptors (Lipinski definition) is 2. The highest BCUT2D eigenvalue weighted by atomic mass is 15.1. The summed E-state index contributed by atoms with van der Waals surface area (Å²) in [6, 6.07) is 11.6. The van der Waals surface area contributed by atoms with E-state index in [0.717, 1.165) is 18.5 Å². The van der Waals surface area contributed by atoms with Gasteiger partial charge < -0.3 is 5.32 Å². The second-order valence-electron chi connectivity index (χ2n) is 6.95. The van der Waals surface area contributed by atoms with Crippen LogP contribution < -0.4 is 5.32 Å². The van der Waals surface area contributed by atoms with Crippen LogP contribution in [0.4, 0.5) is 0 Å². The van der Waals surface area contributed by atoms with Crippen LogP contribution in [-0.4, -0.2) is 30.6 Å². The van der Waals surface area contributed by atoms with Gasteiger partial charge in [0.1, 0.15) is 0 Å². The molecule has 2 heterocycles. The summed E-state index contributed by atoms with van der Waals surface area (Å²) in [6.07, 6.45) is 2.71. The highest BCUT2D eigenvalue weighted by Crippen LogP contribution is 2.37. The van der Waals surface area contributed by atoms with E-state index in [1.165, 1.54) is 38.0 Å². The Kier molecular flexibility index (Phi) is 3.64. The van der Waals surface area contributed by atoms with Crippen LogP contribution in [0, 0.1) is 11.3 Å². The lowest BCUT2D eigenvalue weighted by molar-refractivity contribution is 0.0382. The second kappa shape index (κ2) is 5.26. The molecule has 2 aliphatic heterocycles. The molecule has 0 unspecified atom stereocenters. The molecule has 2 heteroatoms. The Labute approximate surface area is 117 Å². The van der Waals surface area contributed by atoms with Crippen molar-refractivity contribution >= 4 is 0 Å². The monoisotopic (exact) mass is 258 g/mol. The van der Waals surface area contributed by atoms with E-state index in [2.05, 4.69) is 54.4 Å². The number of piperidine rings is 1. The molecular formula is C17H26N2. The molecule has 2 saturated heterocycles. The third kappa shape index (κ3) is 2.85. The van der Waals surface area contributed by atoms with Gasteiger partial charge in [-0.2, -0.15) is 0 Å². The van der Waals surface area contributed by atoms with Crippen molar-refractivity contribution in [3.05, 3.63) is 35.9 Å². The van der Waals surface area contributed by atoms with Gasteiger partial charge in [-0.05, 0) is 42.8 Å². The highest BCUT2D eigenvalue weighted by molar-refractivity contribution is 5.14. The lowest BCUT2D eigenvalue weighted by Crippen LogP contribution is -2.63. The van der Waals surface area contributed by atoms with Crippen LogP contribution in [0.15, 0.2) is 30.3 Å². The number of likely N-dealkylation sites (tertiary alicyclic amines) is 1. The minimum absolute atomic E-state index is 0.520. The quantitative estimate of drug-likeness (QED) is 0.897. The topological polar surface area (TPSA) is 15.3 Å². The Morgan fingerprint density at radius 3 is 2.37 bits per heavy atom. The Hall–Kier alpha value is -0.860. The first-order valence-corrected chi connectivity index (χ1v) is 7.65. The Morgan fingerprint density at radius 2 is 1.84 bits per heavy atom. The summed E-state index contributed by atoms with van der Waals surface area (Å²) in [5, 5.41) is 3.65. The number of rotatable bonds is 3. The Balaban J connectivity index is 1.50. The summed E-state index contributed by atoms with van der Waals surface area (Å²) in [7, 11) is 0. The molecule has 104 valence electrons. The molecular weight excluding hydrogens is 232 g/mol. The normalized spacial score (nSPS) is 28.0. The predicted molar refractivity (Wildman–Crippen MR) is 80.0 cm³/mol. The summed E-state index contributed by atoms with van der Waals surface area (Å²) in [5.74, 6) is 0.885. The van der Waals surface area contributed by atoms with E-state index >= 15 is 0 Å². The second-order valence-corrected chi connectivity index (χ2v) is 6.95. The molecule has 0 radical (unpaired) electrons. The molecule has 19 heavy (non-hydrogen) atoms. The summed E-state index contributed by atoms with van der Waals surface area (Å²) in [5.41, 5.74) is 1.97. The van der Waals surface area contributed by atoms with Gasteiger partial charge in [-0.1, -0.05) is 44.2 Å². The minimum Gasteiger partial charge on any atom is -0.313 e. The van der Waals surface area contributed by atoms with Gasteiger partial charge in [-0.25, -0.2) is 0 Å². The van der Waals surface area contributed by atoms with Gasteiger partial charge in [0.05, 0.1) is 0 Å². The van der Waals surface area contributed by atoms with Crippen molar-refractivity contribution in [3.8, 4) is 0 Å². The summed E-state index contributed by atoms with van der Waals surface area (Å²) >= 11 is 0. The minimum atomic E-state index is 0.520. The molecule has 0 aromatic heterocycles. The van der Waals surface area contributed by atoms with Crippen LogP contribution in [0.2, 0.25) is 0 Å². The average Bonchev–Trinajstić information content (AvgIpc) is 2.41. The van der Waals surface area contributed by atoms with Gasteiger partial charge in [-0.15, -0.1) is 0 Å². The standard InChI is InChI=1S/C17H26N2/c1-17(2)13-18-16(17)15-8-10-19(11-9-15)12-14-6-4-3-5-7-14/h3-7,15-16,18H,8-13H2,1-2H3/t16-/m1/s1. The zero-order valence-electron chi connectivity index (χ0n) is 12.2. The van der Waals surface area contributed by atoms with Gasteiger partial charge in [-0.3, -0.25) is 4.90 Å². The smallest absolute Gasteiger partial charge is 0.0233 e. The molecule has 0 saturated carbocycles. The number of nitrogens with zero attached hydrogens (tertiary/aromatic N) is 1. The van der Waals surface area contributed by atoms with Gasteiger partial charge >= 0.3 is 0 Å². The third-order valence-electron chi connectivity index (χ3n) is 4.97. The zero-order chi connectivity index (χ0) is 13.3. The number of nitrogens with one attached hydrogen (secondary N) is 1. The van der Waals surface area contributed by atoms with Crippen LogP contribution >= 0.6 is 0 Å². The van der Waals surface area contributed by atoms with Crippen molar-refractivity contribution in [1.82, 2.24) is 10.2 Å². The van der Waals surface area contributed by atoms with E-state index in [9.17, 15) is 0 Å². The Morgan fingerprint density at radius 1 is 1.16 bits per heavy atom. The van der Waals surface area contributed by atoms with Crippen molar-refractivity contribution in [2.45, 2.75) is 39.3 Å². The zero-order valence-corrected chi connectivity index (χ0v) is 12.2. The van der Waals surface area contributed by atoms with Crippen molar-refractivity contribution in [2.24, 2.45) is 11.3 Å². The SMILES string of the molecule is CC1(C)CN[C@@H]1C1CCN(Cc2ccccc2)CC1. The molecule has 0 aliphatic carbocycles. The maximum atomic E-state index is 3.65. The molecule has 3 rings (SSSR count). The largest absolute Gasteiger partial charge is 0.313 e. The van der Waals surface area contributed by atoms with E-state index in [1.54, 1.807) is 0 Å². The van der Waals surface area contributed by atoms with Crippen molar-refractivity contribution in [3.63, 3.8) is 0 Å². The van der Waals surface area contributed by atoms with E-state index in [1.807, 2.05) is 0 Å². The van der Waals surface area contributed by atoms with Crippen molar-refractivity contribution < 1.29 is 0 Å². The van der Waals surface area contributed by atoms with Crippen LogP contribution in [0.5, 0.6) is 0 Å². The van der Waals surface area contributed by atoms with E-state index < -0.39 is 0 Å². The lowest BCUT2D eigenvalue weighted by Gasteiger charge is -2.51. The Bertz CT molecular complexity index is 405. The molecule has 1 atom stereocenters. The van der Waals surface area contributed by atoms with Crippen molar-refractivity contribution in [2.75, 3.05) is 19.6 Å². The first kappa shape index (κ1) is 13.1. The van der Waals surface area contributed by atoms with Crippen LogP contribution in [0.3, 0.4) is 0 Å². The lowest BCUT2D eigenvalue weighted by atomic mass is 9.68. The molecule has 2 aliphatic rings. The highest BCUT2D eigenvalue weighted by Gasteiger charge is 2.43. The fourth-order valence-electron chi connectivity index (χ4n) is 3.72. The summed E-state index contributed by atoms with van der Waals surface area (Å²) < 4.78 is 0. The first-order valence-electron chi connectivity index (χ1n) is 7.65. The maximum absolute atomic E-state index is 3.65.